The molecule has 0 aliphatic heterocycles. The summed E-state index contributed by atoms with van der Waals surface area (Å²) in [5.41, 5.74) is 2.02. The van der Waals surface area contributed by atoms with E-state index in [1.807, 2.05) is 25.1 Å². The molecule has 0 N–H and O–H groups in total. The van der Waals surface area contributed by atoms with Gasteiger partial charge in [-0.2, -0.15) is 0 Å². The summed E-state index contributed by atoms with van der Waals surface area (Å²) in [4.78, 5) is 8.14. The largest absolute Gasteiger partial charge is 0.423 e. The van der Waals surface area contributed by atoms with Crippen LogP contribution in [0.3, 0.4) is 0 Å². The lowest BCUT2D eigenvalue weighted by Gasteiger charge is -2.06. The van der Waals surface area contributed by atoms with Crippen molar-refractivity contribution in [2.45, 2.75) is 12.8 Å². The molecule has 0 bridgehead atoms. The molecule has 0 unspecified atom stereocenters. The van der Waals surface area contributed by atoms with E-state index in [9.17, 15) is 0 Å². The number of halogens is 2. The zero-order valence-electron chi connectivity index (χ0n) is 9.15. The molecule has 0 radical (unpaired) electrons. The summed E-state index contributed by atoms with van der Waals surface area (Å²) in [7, 11) is 0. The van der Waals surface area contributed by atoms with E-state index in [0.717, 1.165) is 15.6 Å². The minimum atomic E-state index is 0.309. The fourth-order valence-electron chi connectivity index (χ4n) is 1.25. The quantitative estimate of drug-likeness (QED) is 0.801. The van der Waals surface area contributed by atoms with E-state index in [0.29, 0.717) is 17.6 Å². The molecular formula is C12H10BrClN2O. The predicted octanol–water partition coefficient (Wildman–Crippen LogP) is 4.08. The van der Waals surface area contributed by atoms with E-state index in [1.165, 1.54) is 0 Å². The van der Waals surface area contributed by atoms with Crippen LogP contribution in [0.25, 0.3) is 0 Å². The minimum Gasteiger partial charge on any atom is -0.423 e. The van der Waals surface area contributed by atoms with Crippen LogP contribution in [0.5, 0.6) is 11.8 Å². The summed E-state index contributed by atoms with van der Waals surface area (Å²) < 4.78 is 6.43. The summed E-state index contributed by atoms with van der Waals surface area (Å²) in [6.07, 6.45) is 3.30. The van der Waals surface area contributed by atoms with Gasteiger partial charge in [0.2, 0.25) is 0 Å². The number of alkyl halides is 1. The Bertz CT molecular complexity index is 516. The molecule has 17 heavy (non-hydrogen) atoms. The molecule has 0 saturated carbocycles. The molecule has 3 nitrogen and oxygen atoms in total. The first kappa shape index (κ1) is 12.3. The zero-order chi connectivity index (χ0) is 12.3. The normalized spacial score (nSPS) is 10.3. The van der Waals surface area contributed by atoms with Crippen LogP contribution < -0.4 is 4.74 Å². The summed E-state index contributed by atoms with van der Waals surface area (Å²) in [5.74, 6) is 1.09. The highest BCUT2D eigenvalue weighted by Crippen LogP contribution is 2.28. The van der Waals surface area contributed by atoms with Crippen molar-refractivity contribution in [3.05, 3.63) is 46.2 Å². The lowest BCUT2D eigenvalue weighted by Crippen LogP contribution is -1.93. The molecule has 1 heterocycles. The van der Waals surface area contributed by atoms with Crippen LogP contribution >= 0.6 is 27.5 Å². The van der Waals surface area contributed by atoms with Gasteiger partial charge in [0, 0.05) is 18.0 Å². The van der Waals surface area contributed by atoms with Gasteiger partial charge in [-0.05, 0) is 40.5 Å². The third-order valence-corrected chi connectivity index (χ3v) is 3.05. The van der Waals surface area contributed by atoms with E-state index in [-0.39, 0.29) is 0 Å². The molecule has 1 aromatic heterocycles. The summed E-state index contributed by atoms with van der Waals surface area (Å²) >= 11 is 9.08. The Morgan fingerprint density at radius 3 is 2.59 bits per heavy atom. The first-order valence-electron chi connectivity index (χ1n) is 5.00. The van der Waals surface area contributed by atoms with Crippen molar-refractivity contribution < 1.29 is 4.74 Å². The molecule has 0 aliphatic carbocycles. The Balaban J connectivity index is 2.19. The van der Waals surface area contributed by atoms with Gasteiger partial charge in [0.05, 0.1) is 10.4 Å². The topological polar surface area (TPSA) is 35.0 Å². The number of ether oxygens (including phenoxy) is 1. The summed E-state index contributed by atoms with van der Waals surface area (Å²) in [6.45, 7) is 2.01. The average Bonchev–Trinajstić information content (AvgIpc) is 2.34. The van der Waals surface area contributed by atoms with Crippen LogP contribution in [0.1, 0.15) is 11.1 Å². The van der Waals surface area contributed by atoms with Crippen LogP contribution in [-0.4, -0.2) is 9.97 Å². The van der Waals surface area contributed by atoms with Gasteiger partial charge in [-0.25, -0.2) is 9.97 Å². The monoisotopic (exact) mass is 312 g/mol. The molecule has 0 amide bonds. The van der Waals surface area contributed by atoms with Gasteiger partial charge in [0.25, 0.3) is 0 Å². The first-order valence-corrected chi connectivity index (χ1v) is 6.32. The Labute approximate surface area is 113 Å². The molecule has 2 rings (SSSR count). The molecule has 0 spiro atoms. The van der Waals surface area contributed by atoms with Gasteiger partial charge in [-0.15, -0.1) is 11.6 Å². The highest BCUT2D eigenvalue weighted by Gasteiger charge is 2.04. The second-order valence-electron chi connectivity index (χ2n) is 3.54. The second kappa shape index (κ2) is 5.47. The Morgan fingerprint density at radius 2 is 2.00 bits per heavy atom. The molecule has 88 valence electrons. The van der Waals surface area contributed by atoms with Crippen LogP contribution in [0.2, 0.25) is 0 Å². The number of hydrogen-bond donors (Lipinski definition) is 0. The van der Waals surface area contributed by atoms with Crippen molar-refractivity contribution in [2.75, 3.05) is 0 Å². The molecule has 0 saturated heterocycles. The van der Waals surface area contributed by atoms with Gasteiger partial charge >= 0.3 is 6.01 Å². The summed E-state index contributed by atoms with van der Waals surface area (Å²) in [5, 5.41) is 0. The maximum atomic E-state index is 5.65. The fourth-order valence-corrected chi connectivity index (χ4v) is 1.96. The predicted molar refractivity (Wildman–Crippen MR) is 70.5 cm³/mol. The number of rotatable bonds is 3. The molecule has 0 fully saturated rings. The molecule has 0 atom stereocenters. The third kappa shape index (κ3) is 3.17. The molecule has 2 aromatic rings. The molecule has 1 aromatic carbocycles. The average molecular weight is 314 g/mol. The van der Waals surface area contributed by atoms with Crippen LogP contribution in [-0.2, 0) is 5.88 Å². The van der Waals surface area contributed by atoms with E-state index in [1.54, 1.807) is 12.4 Å². The number of nitrogens with zero attached hydrogens (tertiary/aromatic N) is 2. The van der Waals surface area contributed by atoms with Crippen molar-refractivity contribution in [1.29, 1.82) is 0 Å². The van der Waals surface area contributed by atoms with Gasteiger partial charge in [-0.1, -0.05) is 6.07 Å². The molecular weight excluding hydrogens is 304 g/mol. The fraction of sp³-hybridized carbons (Fsp3) is 0.167. The van der Waals surface area contributed by atoms with Crippen LogP contribution in [0, 0.1) is 6.92 Å². The highest BCUT2D eigenvalue weighted by atomic mass is 79.9. The number of aryl methyl sites for hydroxylation is 1. The lowest BCUT2D eigenvalue weighted by atomic mass is 10.2. The molecule has 5 heteroatoms. The Hall–Kier alpha value is -1.13. The number of aromatic nitrogens is 2. The minimum absolute atomic E-state index is 0.309. The van der Waals surface area contributed by atoms with Gasteiger partial charge in [0.15, 0.2) is 0 Å². The standard InChI is InChI=1S/C12H10BrClN2O/c1-8-2-3-11(10(13)4-8)17-12-15-6-9(5-14)7-16-12/h2-4,6-7H,5H2,1H3. The Kier molecular flexibility index (Phi) is 3.97. The SMILES string of the molecule is Cc1ccc(Oc2ncc(CCl)cn2)c(Br)c1. The van der Waals surface area contributed by atoms with E-state index < -0.39 is 0 Å². The maximum absolute atomic E-state index is 5.65. The van der Waals surface area contributed by atoms with Crippen LogP contribution in [0.4, 0.5) is 0 Å². The molecule has 0 aliphatic rings. The van der Waals surface area contributed by atoms with Crippen molar-refractivity contribution in [2.24, 2.45) is 0 Å². The van der Waals surface area contributed by atoms with Crippen molar-refractivity contribution in [3.8, 4) is 11.8 Å². The van der Waals surface area contributed by atoms with Crippen molar-refractivity contribution >= 4 is 27.5 Å². The highest BCUT2D eigenvalue weighted by molar-refractivity contribution is 9.10. The maximum Gasteiger partial charge on any atom is 0.321 e. The van der Waals surface area contributed by atoms with Gasteiger partial charge < -0.3 is 4.74 Å². The van der Waals surface area contributed by atoms with Gasteiger partial charge in [-0.3, -0.25) is 0 Å². The van der Waals surface area contributed by atoms with Crippen molar-refractivity contribution in [1.82, 2.24) is 9.97 Å². The third-order valence-electron chi connectivity index (χ3n) is 2.12. The van der Waals surface area contributed by atoms with Gasteiger partial charge in [0.1, 0.15) is 5.75 Å². The number of benzene rings is 1. The first-order chi connectivity index (χ1) is 8.19. The zero-order valence-corrected chi connectivity index (χ0v) is 11.5. The Morgan fingerprint density at radius 1 is 1.29 bits per heavy atom. The lowest BCUT2D eigenvalue weighted by molar-refractivity contribution is 0.438. The number of hydrogen-bond acceptors (Lipinski definition) is 3. The summed E-state index contributed by atoms with van der Waals surface area (Å²) in [6, 6.07) is 6.12. The van der Waals surface area contributed by atoms with Crippen molar-refractivity contribution in [3.63, 3.8) is 0 Å². The van der Waals surface area contributed by atoms with E-state index >= 15 is 0 Å². The second-order valence-corrected chi connectivity index (χ2v) is 4.67. The smallest absolute Gasteiger partial charge is 0.321 e. The van der Waals surface area contributed by atoms with E-state index in [4.69, 9.17) is 16.3 Å². The van der Waals surface area contributed by atoms with Crippen LogP contribution in [0.15, 0.2) is 35.1 Å². The van der Waals surface area contributed by atoms with E-state index in [2.05, 4.69) is 25.9 Å².